The summed E-state index contributed by atoms with van der Waals surface area (Å²) in [6.45, 7) is 2.03. The predicted molar refractivity (Wildman–Crippen MR) is 57.3 cm³/mol. The molecule has 0 radical (unpaired) electrons. The summed E-state index contributed by atoms with van der Waals surface area (Å²) < 4.78 is 4.73. The molecule has 0 fully saturated rings. The van der Waals surface area contributed by atoms with E-state index in [0.717, 1.165) is 0 Å². The first-order valence-electron chi connectivity index (χ1n) is 4.49. The van der Waals surface area contributed by atoms with E-state index in [1.807, 2.05) is 0 Å². The van der Waals surface area contributed by atoms with Gasteiger partial charge in [-0.25, -0.2) is 4.98 Å². The van der Waals surface area contributed by atoms with E-state index in [9.17, 15) is 4.79 Å². The number of hydrogen-bond acceptors (Lipinski definition) is 4. The van der Waals surface area contributed by atoms with Gasteiger partial charge in [0.05, 0.1) is 18.7 Å². The van der Waals surface area contributed by atoms with Gasteiger partial charge >= 0.3 is 5.97 Å². The molecule has 0 unspecified atom stereocenters. The number of rotatable bonds is 4. The standard InChI is InChI=1S/C10H11ClN2O2/c1-2-15-9(14)6-8(12)7-4-3-5-13-10(7)11/h3-5,12H,2,6H2,1H3. The van der Waals surface area contributed by atoms with Crippen molar-refractivity contribution in [1.29, 1.82) is 5.41 Å². The summed E-state index contributed by atoms with van der Waals surface area (Å²) in [4.78, 5) is 14.9. The minimum absolute atomic E-state index is 0.0841. The van der Waals surface area contributed by atoms with Crippen LogP contribution in [0.4, 0.5) is 0 Å². The number of nitrogens with one attached hydrogen (secondary N) is 1. The molecule has 0 bridgehead atoms. The van der Waals surface area contributed by atoms with Crippen LogP contribution in [0.1, 0.15) is 18.9 Å². The Hall–Kier alpha value is -1.42. The highest BCUT2D eigenvalue weighted by atomic mass is 35.5. The first-order chi connectivity index (χ1) is 7.15. The summed E-state index contributed by atoms with van der Waals surface area (Å²) in [7, 11) is 0. The van der Waals surface area contributed by atoms with Crippen molar-refractivity contribution in [3.05, 3.63) is 29.0 Å². The highest BCUT2D eigenvalue weighted by Gasteiger charge is 2.11. The lowest BCUT2D eigenvalue weighted by molar-refractivity contribution is -0.141. The third kappa shape index (κ3) is 3.32. The second-order valence-corrected chi connectivity index (χ2v) is 3.16. The van der Waals surface area contributed by atoms with Gasteiger partial charge in [-0.05, 0) is 19.1 Å². The molecule has 1 rings (SSSR count). The molecule has 0 saturated heterocycles. The molecule has 0 spiro atoms. The van der Waals surface area contributed by atoms with Crippen LogP contribution in [-0.2, 0) is 9.53 Å². The quantitative estimate of drug-likeness (QED) is 0.486. The van der Waals surface area contributed by atoms with Gasteiger partial charge in [-0.1, -0.05) is 11.6 Å². The van der Waals surface area contributed by atoms with E-state index < -0.39 is 5.97 Å². The number of halogens is 1. The Morgan fingerprint density at radius 1 is 1.67 bits per heavy atom. The third-order valence-electron chi connectivity index (χ3n) is 1.71. The van der Waals surface area contributed by atoms with Crippen LogP contribution in [0.2, 0.25) is 5.15 Å². The smallest absolute Gasteiger partial charge is 0.311 e. The Bertz CT molecular complexity index is 379. The second kappa shape index (κ2) is 5.46. The van der Waals surface area contributed by atoms with Gasteiger partial charge in [-0.15, -0.1) is 0 Å². The zero-order valence-corrected chi connectivity index (χ0v) is 9.04. The molecular formula is C10H11ClN2O2. The molecule has 1 heterocycles. The highest BCUT2D eigenvalue weighted by Crippen LogP contribution is 2.13. The van der Waals surface area contributed by atoms with Gasteiger partial charge < -0.3 is 10.1 Å². The molecule has 5 heteroatoms. The van der Waals surface area contributed by atoms with Gasteiger partial charge in [0, 0.05) is 11.8 Å². The fourth-order valence-electron chi connectivity index (χ4n) is 1.06. The Morgan fingerprint density at radius 2 is 2.40 bits per heavy atom. The van der Waals surface area contributed by atoms with Crippen LogP contribution in [0.25, 0.3) is 0 Å². The topological polar surface area (TPSA) is 63.0 Å². The summed E-state index contributed by atoms with van der Waals surface area (Å²) in [6, 6.07) is 3.32. The van der Waals surface area contributed by atoms with Crippen LogP contribution in [-0.4, -0.2) is 23.3 Å². The van der Waals surface area contributed by atoms with Gasteiger partial charge in [-0.3, -0.25) is 4.79 Å². The maximum absolute atomic E-state index is 11.1. The van der Waals surface area contributed by atoms with E-state index >= 15 is 0 Å². The Morgan fingerprint density at radius 3 is 3.00 bits per heavy atom. The maximum Gasteiger partial charge on any atom is 0.311 e. The lowest BCUT2D eigenvalue weighted by atomic mass is 10.1. The van der Waals surface area contributed by atoms with Crippen molar-refractivity contribution in [2.75, 3.05) is 6.61 Å². The first kappa shape index (κ1) is 11.7. The molecule has 15 heavy (non-hydrogen) atoms. The highest BCUT2D eigenvalue weighted by molar-refractivity contribution is 6.33. The molecule has 0 aromatic carbocycles. The molecule has 4 nitrogen and oxygen atoms in total. The average Bonchev–Trinajstić information content (AvgIpc) is 2.18. The molecule has 1 aromatic heterocycles. The summed E-state index contributed by atoms with van der Waals surface area (Å²) in [5.74, 6) is -0.428. The summed E-state index contributed by atoms with van der Waals surface area (Å²) in [6.07, 6.45) is 1.45. The largest absolute Gasteiger partial charge is 0.466 e. The van der Waals surface area contributed by atoms with Crippen LogP contribution in [0.5, 0.6) is 0 Å². The maximum atomic E-state index is 11.1. The first-order valence-corrected chi connectivity index (χ1v) is 4.87. The monoisotopic (exact) mass is 226 g/mol. The van der Waals surface area contributed by atoms with Crippen LogP contribution in [0.15, 0.2) is 18.3 Å². The molecule has 80 valence electrons. The fourth-order valence-corrected chi connectivity index (χ4v) is 1.30. The summed E-state index contributed by atoms with van der Waals surface area (Å²) >= 11 is 5.78. The minimum Gasteiger partial charge on any atom is -0.466 e. The van der Waals surface area contributed by atoms with Crippen LogP contribution >= 0.6 is 11.6 Å². The molecule has 0 atom stereocenters. The number of pyridine rings is 1. The van der Waals surface area contributed by atoms with Crippen LogP contribution < -0.4 is 0 Å². The Labute approximate surface area is 92.7 Å². The van der Waals surface area contributed by atoms with Crippen molar-refractivity contribution >= 4 is 23.3 Å². The van der Waals surface area contributed by atoms with E-state index in [1.54, 1.807) is 19.1 Å². The minimum atomic E-state index is -0.428. The molecule has 1 N–H and O–H groups in total. The van der Waals surface area contributed by atoms with E-state index in [2.05, 4.69) is 4.98 Å². The SMILES string of the molecule is CCOC(=O)CC(=N)c1cccnc1Cl. The van der Waals surface area contributed by atoms with E-state index in [1.165, 1.54) is 6.20 Å². The van der Waals surface area contributed by atoms with E-state index in [-0.39, 0.29) is 17.3 Å². The van der Waals surface area contributed by atoms with Crippen molar-refractivity contribution < 1.29 is 9.53 Å². The molecule has 1 aromatic rings. The normalized spacial score (nSPS) is 9.73. The Kier molecular flexibility index (Phi) is 4.24. The molecule has 0 saturated carbocycles. The number of carbonyl (C=O) groups is 1. The second-order valence-electron chi connectivity index (χ2n) is 2.80. The van der Waals surface area contributed by atoms with E-state index in [4.69, 9.17) is 21.7 Å². The molecule has 0 aliphatic heterocycles. The zero-order chi connectivity index (χ0) is 11.3. The van der Waals surface area contributed by atoms with Crippen molar-refractivity contribution in [3.8, 4) is 0 Å². The molecular weight excluding hydrogens is 216 g/mol. The van der Waals surface area contributed by atoms with Gasteiger partial charge in [0.15, 0.2) is 0 Å². The van der Waals surface area contributed by atoms with E-state index in [0.29, 0.717) is 12.2 Å². The average molecular weight is 227 g/mol. The van der Waals surface area contributed by atoms with Gasteiger partial charge in [0.1, 0.15) is 5.15 Å². The lowest BCUT2D eigenvalue weighted by Crippen LogP contribution is -2.12. The number of carbonyl (C=O) groups excluding carboxylic acids is 1. The number of hydrogen-bond donors (Lipinski definition) is 1. The number of aromatic nitrogens is 1. The fraction of sp³-hybridized carbons (Fsp3) is 0.300. The summed E-state index contributed by atoms with van der Waals surface area (Å²) in [5, 5.41) is 7.88. The van der Waals surface area contributed by atoms with Crippen molar-refractivity contribution in [2.45, 2.75) is 13.3 Å². The molecule has 0 aliphatic rings. The summed E-state index contributed by atoms with van der Waals surface area (Å²) in [5.41, 5.74) is 0.582. The zero-order valence-electron chi connectivity index (χ0n) is 8.29. The van der Waals surface area contributed by atoms with Crippen molar-refractivity contribution in [3.63, 3.8) is 0 Å². The Balaban J connectivity index is 2.70. The van der Waals surface area contributed by atoms with Crippen molar-refractivity contribution in [1.82, 2.24) is 4.98 Å². The predicted octanol–water partition coefficient (Wildman–Crippen LogP) is 2.06. The van der Waals surface area contributed by atoms with Crippen molar-refractivity contribution in [2.24, 2.45) is 0 Å². The van der Waals surface area contributed by atoms with Gasteiger partial charge in [-0.2, -0.15) is 0 Å². The van der Waals surface area contributed by atoms with Gasteiger partial charge in [0.2, 0.25) is 0 Å². The third-order valence-corrected chi connectivity index (χ3v) is 2.01. The lowest BCUT2D eigenvalue weighted by Gasteiger charge is -2.04. The molecule has 0 aliphatic carbocycles. The number of nitrogens with zero attached hydrogens (tertiary/aromatic N) is 1. The molecule has 0 amide bonds. The van der Waals surface area contributed by atoms with Gasteiger partial charge in [0.25, 0.3) is 0 Å². The number of ether oxygens (including phenoxy) is 1. The van der Waals surface area contributed by atoms with Crippen LogP contribution in [0.3, 0.4) is 0 Å². The van der Waals surface area contributed by atoms with Crippen LogP contribution in [0, 0.1) is 5.41 Å². The number of esters is 1.